The zero-order chi connectivity index (χ0) is 22.3. The van der Waals surface area contributed by atoms with E-state index in [0.717, 1.165) is 30.0 Å². The standard InChI is InChI=1S/C24H30N2O4S/c1-14-9-15(2)13-26(12-14)24(28)21-16-10-18(29-4)19(30-5)11-17(16)23(27)25(3)22(21)20-7-6-8-31-20/h6-8,10-11,14-15,21-22H,9,12-13H2,1-5H3/t14-,15-,21+,22+/m1/s1. The molecule has 7 heteroatoms. The van der Waals surface area contributed by atoms with Gasteiger partial charge in [0.2, 0.25) is 5.91 Å². The quantitative estimate of drug-likeness (QED) is 0.713. The first-order chi connectivity index (χ1) is 14.8. The Labute approximate surface area is 187 Å². The summed E-state index contributed by atoms with van der Waals surface area (Å²) >= 11 is 1.58. The van der Waals surface area contributed by atoms with Gasteiger partial charge in [-0.2, -0.15) is 0 Å². The van der Waals surface area contributed by atoms with Crippen molar-refractivity contribution in [3.63, 3.8) is 0 Å². The number of carbonyl (C=O) groups is 2. The van der Waals surface area contributed by atoms with Crippen LogP contribution in [0.2, 0.25) is 0 Å². The van der Waals surface area contributed by atoms with Crippen molar-refractivity contribution in [1.82, 2.24) is 9.80 Å². The van der Waals surface area contributed by atoms with Crippen LogP contribution in [0.1, 0.15) is 53.0 Å². The molecule has 4 rings (SSSR count). The van der Waals surface area contributed by atoms with Crippen LogP contribution in [0.5, 0.6) is 11.5 Å². The van der Waals surface area contributed by atoms with Gasteiger partial charge < -0.3 is 19.3 Å². The van der Waals surface area contributed by atoms with Crippen LogP contribution in [-0.4, -0.2) is 56.0 Å². The highest BCUT2D eigenvalue weighted by Crippen LogP contribution is 2.47. The van der Waals surface area contributed by atoms with Crippen molar-refractivity contribution in [2.45, 2.75) is 32.2 Å². The monoisotopic (exact) mass is 442 g/mol. The molecule has 6 nitrogen and oxygen atoms in total. The summed E-state index contributed by atoms with van der Waals surface area (Å²) < 4.78 is 11.0. The normalized spacial score (nSPS) is 25.9. The Morgan fingerprint density at radius 2 is 1.74 bits per heavy atom. The molecule has 0 unspecified atom stereocenters. The SMILES string of the molecule is COc1cc2c(cc1OC)[C@H](C(=O)N1C[C@H](C)C[C@@H](C)C1)[C@H](c1cccs1)N(C)C2=O. The maximum absolute atomic E-state index is 14.0. The molecule has 0 saturated carbocycles. The van der Waals surface area contributed by atoms with Crippen LogP contribution in [0, 0.1) is 11.8 Å². The number of benzene rings is 1. The summed E-state index contributed by atoms with van der Waals surface area (Å²) in [5.74, 6) is 1.41. The number of hydrogen-bond donors (Lipinski definition) is 0. The average molecular weight is 443 g/mol. The minimum atomic E-state index is -0.492. The Hall–Kier alpha value is -2.54. The van der Waals surface area contributed by atoms with Gasteiger partial charge in [-0.25, -0.2) is 0 Å². The number of fused-ring (bicyclic) bond motifs is 1. The van der Waals surface area contributed by atoms with Crippen LogP contribution in [-0.2, 0) is 4.79 Å². The first-order valence-electron chi connectivity index (χ1n) is 10.7. The molecule has 2 aromatic rings. The molecule has 31 heavy (non-hydrogen) atoms. The molecular weight excluding hydrogens is 412 g/mol. The summed E-state index contributed by atoms with van der Waals surface area (Å²) in [6, 6.07) is 7.15. The molecule has 3 heterocycles. The number of methoxy groups -OCH3 is 2. The van der Waals surface area contributed by atoms with Crippen molar-refractivity contribution in [3.8, 4) is 11.5 Å². The lowest BCUT2D eigenvalue weighted by Crippen LogP contribution is -2.50. The maximum atomic E-state index is 14.0. The molecule has 1 fully saturated rings. The summed E-state index contributed by atoms with van der Waals surface area (Å²) in [5, 5.41) is 1.99. The zero-order valence-electron chi connectivity index (χ0n) is 18.8. The van der Waals surface area contributed by atoms with E-state index in [0.29, 0.717) is 28.9 Å². The van der Waals surface area contributed by atoms with Gasteiger partial charge in [-0.05, 0) is 47.4 Å². The van der Waals surface area contributed by atoms with Gasteiger partial charge in [0.15, 0.2) is 11.5 Å². The average Bonchev–Trinajstić information content (AvgIpc) is 3.28. The second kappa shape index (κ2) is 8.54. The fourth-order valence-electron chi connectivity index (χ4n) is 5.17. The first kappa shape index (κ1) is 21.7. The predicted octanol–water partition coefficient (Wildman–Crippen LogP) is 4.18. The molecule has 2 aliphatic heterocycles. The molecule has 0 aliphatic carbocycles. The largest absolute Gasteiger partial charge is 0.493 e. The summed E-state index contributed by atoms with van der Waals surface area (Å²) in [6.07, 6.45) is 1.13. The fraction of sp³-hybridized carbons (Fsp3) is 0.500. The van der Waals surface area contributed by atoms with Crippen molar-refractivity contribution in [2.75, 3.05) is 34.4 Å². The van der Waals surface area contributed by atoms with Crippen molar-refractivity contribution >= 4 is 23.2 Å². The first-order valence-corrected chi connectivity index (χ1v) is 11.6. The van der Waals surface area contributed by atoms with E-state index in [1.807, 2.05) is 28.5 Å². The summed E-state index contributed by atoms with van der Waals surface area (Å²) in [7, 11) is 4.91. The Balaban J connectivity index is 1.87. The molecule has 2 amide bonds. The van der Waals surface area contributed by atoms with Crippen LogP contribution >= 0.6 is 11.3 Å². The summed E-state index contributed by atoms with van der Waals surface area (Å²) in [5.41, 5.74) is 1.22. The second-order valence-electron chi connectivity index (χ2n) is 8.84. The van der Waals surface area contributed by atoms with Gasteiger partial charge in [0.1, 0.15) is 0 Å². The summed E-state index contributed by atoms with van der Waals surface area (Å²) in [4.78, 5) is 32.1. The van der Waals surface area contributed by atoms with Gasteiger partial charge in [-0.3, -0.25) is 9.59 Å². The number of likely N-dealkylation sites (N-methyl/N-ethyl adjacent to an activating group) is 1. The van der Waals surface area contributed by atoms with Crippen molar-refractivity contribution < 1.29 is 19.1 Å². The number of thiophene rings is 1. The third-order valence-corrected chi connectivity index (χ3v) is 7.40. The third kappa shape index (κ3) is 3.80. The van der Waals surface area contributed by atoms with Crippen LogP contribution in [0.3, 0.4) is 0 Å². The van der Waals surface area contributed by atoms with E-state index in [1.54, 1.807) is 43.6 Å². The van der Waals surface area contributed by atoms with E-state index in [4.69, 9.17) is 9.47 Å². The number of amides is 2. The Bertz CT molecular complexity index is 964. The Morgan fingerprint density at radius 3 is 2.32 bits per heavy atom. The minimum absolute atomic E-state index is 0.0737. The highest BCUT2D eigenvalue weighted by Gasteiger charge is 2.46. The van der Waals surface area contributed by atoms with E-state index in [2.05, 4.69) is 13.8 Å². The molecule has 0 spiro atoms. The van der Waals surface area contributed by atoms with Crippen LogP contribution in [0.4, 0.5) is 0 Å². The number of nitrogens with zero attached hydrogens (tertiary/aromatic N) is 2. The minimum Gasteiger partial charge on any atom is -0.493 e. The van der Waals surface area contributed by atoms with E-state index in [9.17, 15) is 9.59 Å². The lowest BCUT2D eigenvalue weighted by molar-refractivity contribution is -0.137. The van der Waals surface area contributed by atoms with E-state index >= 15 is 0 Å². The molecule has 2 aliphatic rings. The molecule has 4 atom stereocenters. The molecule has 1 aromatic carbocycles. The number of rotatable bonds is 4. The molecule has 0 N–H and O–H groups in total. The van der Waals surface area contributed by atoms with Gasteiger partial charge in [0, 0.05) is 30.6 Å². The van der Waals surface area contributed by atoms with E-state index < -0.39 is 5.92 Å². The smallest absolute Gasteiger partial charge is 0.254 e. The van der Waals surface area contributed by atoms with E-state index in [-0.39, 0.29) is 17.9 Å². The fourth-order valence-corrected chi connectivity index (χ4v) is 6.07. The van der Waals surface area contributed by atoms with Crippen LogP contribution in [0.15, 0.2) is 29.6 Å². The van der Waals surface area contributed by atoms with Gasteiger partial charge in [0.25, 0.3) is 5.91 Å². The third-order valence-electron chi connectivity index (χ3n) is 6.46. The molecule has 0 bridgehead atoms. The number of ether oxygens (including phenoxy) is 2. The van der Waals surface area contributed by atoms with Crippen molar-refractivity contribution in [1.29, 1.82) is 0 Å². The lowest BCUT2D eigenvalue weighted by Gasteiger charge is -2.43. The molecular formula is C24H30N2O4S. The number of likely N-dealkylation sites (tertiary alicyclic amines) is 1. The van der Waals surface area contributed by atoms with Crippen LogP contribution < -0.4 is 9.47 Å². The van der Waals surface area contributed by atoms with Crippen LogP contribution in [0.25, 0.3) is 0 Å². The molecule has 1 aromatic heterocycles. The second-order valence-corrected chi connectivity index (χ2v) is 9.82. The Kier molecular flexibility index (Phi) is 5.97. The molecule has 166 valence electrons. The molecule has 1 saturated heterocycles. The lowest BCUT2D eigenvalue weighted by atomic mass is 9.80. The van der Waals surface area contributed by atoms with Crippen molar-refractivity contribution in [2.24, 2.45) is 11.8 Å². The number of carbonyl (C=O) groups excluding carboxylic acids is 2. The topological polar surface area (TPSA) is 59.1 Å². The van der Waals surface area contributed by atoms with Gasteiger partial charge in [-0.1, -0.05) is 19.9 Å². The maximum Gasteiger partial charge on any atom is 0.254 e. The molecule has 0 radical (unpaired) electrons. The van der Waals surface area contributed by atoms with Crippen molar-refractivity contribution in [3.05, 3.63) is 45.6 Å². The van der Waals surface area contributed by atoms with Gasteiger partial charge in [0.05, 0.1) is 26.2 Å². The number of piperidine rings is 1. The van der Waals surface area contributed by atoms with Gasteiger partial charge in [-0.15, -0.1) is 11.3 Å². The Morgan fingerprint density at radius 1 is 1.10 bits per heavy atom. The zero-order valence-corrected chi connectivity index (χ0v) is 19.6. The highest BCUT2D eigenvalue weighted by atomic mass is 32.1. The van der Waals surface area contributed by atoms with E-state index in [1.165, 1.54) is 0 Å². The van der Waals surface area contributed by atoms with Gasteiger partial charge >= 0.3 is 0 Å². The highest BCUT2D eigenvalue weighted by molar-refractivity contribution is 7.10. The summed E-state index contributed by atoms with van der Waals surface area (Å²) in [6.45, 7) is 5.89. The predicted molar refractivity (Wildman–Crippen MR) is 121 cm³/mol. The number of hydrogen-bond acceptors (Lipinski definition) is 5.